The standard InChI is InChI=1S/C22H20N2O/c1-23-14-13-19-17-10-4-5-11-20(17)22(25)24-21(19)18-12-6-8-15-7-2-3-9-16(15)18/h2-12,19,23H,13-14H2,1H3. The zero-order valence-corrected chi connectivity index (χ0v) is 14.2. The number of rotatable bonds is 4. The highest BCUT2D eigenvalue weighted by molar-refractivity contribution is 6.21. The Labute approximate surface area is 147 Å². The Hall–Kier alpha value is -2.78. The van der Waals surface area contributed by atoms with Crippen molar-refractivity contribution in [2.24, 2.45) is 4.99 Å². The molecule has 1 amide bonds. The van der Waals surface area contributed by atoms with Crippen LogP contribution in [0.25, 0.3) is 10.8 Å². The molecule has 0 saturated carbocycles. The first-order valence-electron chi connectivity index (χ1n) is 8.64. The quantitative estimate of drug-likeness (QED) is 0.781. The highest BCUT2D eigenvalue weighted by Gasteiger charge is 2.30. The van der Waals surface area contributed by atoms with Gasteiger partial charge in [0.05, 0.1) is 5.71 Å². The third kappa shape index (κ3) is 2.77. The fourth-order valence-corrected chi connectivity index (χ4v) is 3.67. The van der Waals surface area contributed by atoms with Crippen LogP contribution in [0.4, 0.5) is 0 Å². The minimum atomic E-state index is -0.140. The van der Waals surface area contributed by atoms with E-state index in [0.717, 1.165) is 40.8 Å². The normalized spacial score (nSPS) is 16.6. The molecule has 3 nitrogen and oxygen atoms in total. The van der Waals surface area contributed by atoms with Crippen LogP contribution in [0, 0.1) is 0 Å². The zero-order chi connectivity index (χ0) is 17.2. The lowest BCUT2D eigenvalue weighted by atomic mass is 9.81. The minimum Gasteiger partial charge on any atom is -0.320 e. The van der Waals surface area contributed by atoms with Gasteiger partial charge in [-0.15, -0.1) is 0 Å². The van der Waals surface area contributed by atoms with E-state index in [1.54, 1.807) is 0 Å². The number of hydrogen-bond acceptors (Lipinski definition) is 2. The van der Waals surface area contributed by atoms with E-state index in [4.69, 9.17) is 0 Å². The van der Waals surface area contributed by atoms with Gasteiger partial charge < -0.3 is 5.32 Å². The van der Waals surface area contributed by atoms with Crippen molar-refractivity contribution in [3.05, 3.63) is 83.4 Å². The van der Waals surface area contributed by atoms with Crippen molar-refractivity contribution in [2.75, 3.05) is 13.6 Å². The Morgan fingerprint density at radius 3 is 2.52 bits per heavy atom. The molecule has 3 aromatic rings. The number of amides is 1. The van der Waals surface area contributed by atoms with Gasteiger partial charge in [-0.05, 0) is 42.4 Å². The molecule has 0 fully saturated rings. The van der Waals surface area contributed by atoms with Crippen molar-refractivity contribution in [1.29, 1.82) is 0 Å². The maximum absolute atomic E-state index is 12.6. The Morgan fingerprint density at radius 1 is 0.920 bits per heavy atom. The minimum absolute atomic E-state index is 0.118. The topological polar surface area (TPSA) is 41.5 Å². The Balaban J connectivity index is 1.91. The van der Waals surface area contributed by atoms with Gasteiger partial charge in [-0.3, -0.25) is 4.79 Å². The predicted molar refractivity (Wildman–Crippen MR) is 103 cm³/mol. The van der Waals surface area contributed by atoms with Crippen molar-refractivity contribution >= 4 is 22.4 Å². The molecule has 0 radical (unpaired) electrons. The lowest BCUT2D eigenvalue weighted by Crippen LogP contribution is -2.26. The monoisotopic (exact) mass is 328 g/mol. The van der Waals surface area contributed by atoms with E-state index in [1.165, 1.54) is 5.39 Å². The van der Waals surface area contributed by atoms with E-state index in [9.17, 15) is 4.79 Å². The molecule has 0 spiro atoms. The molecular weight excluding hydrogens is 308 g/mol. The summed E-state index contributed by atoms with van der Waals surface area (Å²) in [6.45, 7) is 0.872. The van der Waals surface area contributed by atoms with Gasteiger partial charge in [-0.2, -0.15) is 0 Å². The van der Waals surface area contributed by atoms with Crippen molar-refractivity contribution in [3.63, 3.8) is 0 Å². The number of nitrogens with zero attached hydrogens (tertiary/aromatic N) is 1. The number of hydrogen-bond donors (Lipinski definition) is 1. The van der Waals surface area contributed by atoms with Crippen molar-refractivity contribution in [3.8, 4) is 0 Å². The van der Waals surface area contributed by atoms with Gasteiger partial charge in [-0.25, -0.2) is 4.99 Å². The summed E-state index contributed by atoms with van der Waals surface area (Å²) in [5.74, 6) is -0.0219. The smallest absolute Gasteiger partial charge is 0.277 e. The number of carbonyl (C=O) groups excluding carboxylic acids is 1. The van der Waals surface area contributed by atoms with Crippen molar-refractivity contribution < 1.29 is 4.79 Å². The molecule has 25 heavy (non-hydrogen) atoms. The summed E-state index contributed by atoms with van der Waals surface area (Å²) < 4.78 is 0. The molecule has 1 atom stereocenters. The third-order valence-corrected chi connectivity index (χ3v) is 4.87. The molecule has 1 unspecified atom stereocenters. The molecule has 1 aliphatic rings. The van der Waals surface area contributed by atoms with Crippen LogP contribution in [0.5, 0.6) is 0 Å². The second-order valence-corrected chi connectivity index (χ2v) is 6.36. The molecule has 3 aromatic carbocycles. The fourth-order valence-electron chi connectivity index (χ4n) is 3.67. The molecule has 0 bridgehead atoms. The molecule has 124 valence electrons. The van der Waals surface area contributed by atoms with E-state index in [2.05, 4.69) is 40.6 Å². The van der Waals surface area contributed by atoms with Crippen LogP contribution in [0.3, 0.4) is 0 Å². The van der Waals surface area contributed by atoms with Crippen LogP contribution in [0.1, 0.15) is 33.8 Å². The zero-order valence-electron chi connectivity index (χ0n) is 14.2. The Bertz CT molecular complexity index is 969. The first kappa shape index (κ1) is 15.7. The van der Waals surface area contributed by atoms with Gasteiger partial charge in [0.25, 0.3) is 5.91 Å². The third-order valence-electron chi connectivity index (χ3n) is 4.87. The largest absolute Gasteiger partial charge is 0.320 e. The van der Waals surface area contributed by atoms with Crippen LogP contribution in [0.2, 0.25) is 0 Å². The molecule has 1 aliphatic heterocycles. The molecule has 1 N–H and O–H groups in total. The van der Waals surface area contributed by atoms with Crippen LogP contribution in [-0.4, -0.2) is 25.2 Å². The lowest BCUT2D eigenvalue weighted by Gasteiger charge is -2.26. The summed E-state index contributed by atoms with van der Waals surface area (Å²) in [6.07, 6.45) is 0.906. The second-order valence-electron chi connectivity index (χ2n) is 6.36. The van der Waals surface area contributed by atoms with Gasteiger partial charge in [0.2, 0.25) is 0 Å². The first-order valence-corrected chi connectivity index (χ1v) is 8.64. The molecule has 0 aliphatic carbocycles. The van der Waals surface area contributed by atoms with Crippen molar-refractivity contribution in [1.82, 2.24) is 5.32 Å². The average molecular weight is 328 g/mol. The summed E-state index contributed by atoms with van der Waals surface area (Å²) in [4.78, 5) is 17.1. The highest BCUT2D eigenvalue weighted by atomic mass is 16.1. The number of aliphatic imine (C=N–C) groups is 1. The number of benzene rings is 3. The molecule has 0 saturated heterocycles. The summed E-state index contributed by atoms with van der Waals surface area (Å²) in [6, 6.07) is 22.3. The predicted octanol–water partition coefficient (Wildman–Crippen LogP) is 4.18. The van der Waals surface area contributed by atoms with Crippen LogP contribution >= 0.6 is 0 Å². The van der Waals surface area contributed by atoms with Crippen molar-refractivity contribution in [2.45, 2.75) is 12.3 Å². The summed E-state index contributed by atoms with van der Waals surface area (Å²) in [5, 5.41) is 5.54. The van der Waals surface area contributed by atoms with E-state index < -0.39 is 0 Å². The second kappa shape index (κ2) is 6.61. The van der Waals surface area contributed by atoms with Gasteiger partial charge >= 0.3 is 0 Å². The number of carbonyl (C=O) groups is 1. The molecule has 1 heterocycles. The Kier molecular flexibility index (Phi) is 4.16. The van der Waals surface area contributed by atoms with Gasteiger partial charge in [-0.1, -0.05) is 60.7 Å². The van der Waals surface area contributed by atoms with Crippen LogP contribution in [0.15, 0.2) is 71.7 Å². The Morgan fingerprint density at radius 2 is 1.64 bits per heavy atom. The van der Waals surface area contributed by atoms with Crippen LogP contribution < -0.4 is 5.32 Å². The maximum atomic E-state index is 12.6. The van der Waals surface area contributed by atoms with Crippen LogP contribution in [-0.2, 0) is 0 Å². The maximum Gasteiger partial charge on any atom is 0.277 e. The SMILES string of the molecule is CNCCC1C(c2cccc3ccccc23)=NC(=O)c2ccccc21. The van der Waals surface area contributed by atoms with E-state index in [0.29, 0.717) is 0 Å². The molecular formula is C22H20N2O. The van der Waals surface area contributed by atoms with E-state index >= 15 is 0 Å². The first-order chi connectivity index (χ1) is 12.3. The number of nitrogens with one attached hydrogen (secondary N) is 1. The summed E-state index contributed by atoms with van der Waals surface area (Å²) in [7, 11) is 1.95. The average Bonchev–Trinajstić information content (AvgIpc) is 2.67. The summed E-state index contributed by atoms with van der Waals surface area (Å²) >= 11 is 0. The van der Waals surface area contributed by atoms with E-state index in [1.807, 2.05) is 43.4 Å². The van der Waals surface area contributed by atoms with E-state index in [-0.39, 0.29) is 11.8 Å². The molecule has 4 rings (SSSR count). The highest BCUT2D eigenvalue weighted by Crippen LogP contribution is 2.34. The molecule has 0 aromatic heterocycles. The lowest BCUT2D eigenvalue weighted by molar-refractivity contribution is 0.0999. The number of fused-ring (bicyclic) bond motifs is 2. The van der Waals surface area contributed by atoms with Gasteiger partial charge in [0.15, 0.2) is 0 Å². The van der Waals surface area contributed by atoms with Gasteiger partial charge in [0.1, 0.15) is 0 Å². The summed E-state index contributed by atoms with van der Waals surface area (Å²) in [5.41, 5.74) is 3.76. The van der Waals surface area contributed by atoms with Gasteiger partial charge in [0, 0.05) is 17.0 Å². The molecule has 3 heteroatoms. The fraction of sp³-hybridized carbons (Fsp3) is 0.182.